The van der Waals surface area contributed by atoms with Gasteiger partial charge in [0.1, 0.15) is 0 Å². The largest absolute Gasteiger partial charge is 0.386 e. The Balaban J connectivity index is 2.04. The van der Waals surface area contributed by atoms with E-state index in [1.165, 1.54) is 5.56 Å². The van der Waals surface area contributed by atoms with Gasteiger partial charge in [-0.05, 0) is 12.0 Å². The maximum absolute atomic E-state index is 4.54. The molecule has 19 heavy (non-hydrogen) atoms. The first-order chi connectivity index (χ1) is 9.30. The van der Waals surface area contributed by atoms with Crippen molar-refractivity contribution in [2.45, 2.75) is 13.3 Å². The van der Waals surface area contributed by atoms with Gasteiger partial charge in [0.2, 0.25) is 5.78 Å². The Bertz CT molecular complexity index is 698. The Labute approximate surface area is 112 Å². The summed E-state index contributed by atoms with van der Waals surface area (Å²) in [5.41, 5.74) is 4.37. The first-order valence-corrected chi connectivity index (χ1v) is 6.42. The van der Waals surface area contributed by atoms with Crippen LogP contribution in [-0.2, 0) is 6.42 Å². The molecule has 0 atom stereocenters. The van der Waals surface area contributed by atoms with Crippen LogP contribution < -0.4 is 5.32 Å². The van der Waals surface area contributed by atoms with Gasteiger partial charge >= 0.3 is 0 Å². The number of imidazole rings is 1. The van der Waals surface area contributed by atoms with Gasteiger partial charge in [0, 0.05) is 25.0 Å². The number of rotatable bonds is 3. The lowest BCUT2D eigenvalue weighted by molar-refractivity contribution is 1.11. The number of hydrogen-bond donors (Lipinski definition) is 1. The van der Waals surface area contributed by atoms with Gasteiger partial charge in [0.05, 0.1) is 17.6 Å². The molecule has 2 heterocycles. The predicted molar refractivity (Wildman–Crippen MR) is 77.3 cm³/mol. The monoisotopic (exact) mass is 252 g/mol. The summed E-state index contributed by atoms with van der Waals surface area (Å²) in [6, 6.07) is 8.51. The Morgan fingerprint density at radius 1 is 1.16 bits per heavy atom. The van der Waals surface area contributed by atoms with E-state index < -0.39 is 0 Å². The molecule has 3 rings (SSSR count). The molecule has 0 aliphatic carbocycles. The molecule has 3 aromatic rings. The van der Waals surface area contributed by atoms with E-state index in [1.807, 2.05) is 23.8 Å². The smallest absolute Gasteiger partial charge is 0.234 e. The van der Waals surface area contributed by atoms with Crippen molar-refractivity contribution >= 4 is 11.5 Å². The average Bonchev–Trinajstić information content (AvgIpc) is 2.90. The molecule has 0 spiro atoms. The highest BCUT2D eigenvalue weighted by Crippen LogP contribution is 2.20. The van der Waals surface area contributed by atoms with E-state index in [0.717, 1.165) is 23.4 Å². The van der Waals surface area contributed by atoms with Crippen molar-refractivity contribution < 1.29 is 0 Å². The second-order valence-electron chi connectivity index (χ2n) is 4.48. The van der Waals surface area contributed by atoms with Gasteiger partial charge < -0.3 is 5.32 Å². The molecule has 0 saturated heterocycles. The highest BCUT2D eigenvalue weighted by Gasteiger charge is 2.05. The van der Waals surface area contributed by atoms with Crippen LogP contribution in [0.25, 0.3) is 17.0 Å². The van der Waals surface area contributed by atoms with E-state index >= 15 is 0 Å². The molecule has 2 aromatic heterocycles. The molecule has 0 aliphatic heterocycles. The van der Waals surface area contributed by atoms with Crippen molar-refractivity contribution in [2.75, 3.05) is 12.4 Å². The van der Waals surface area contributed by atoms with E-state index in [-0.39, 0.29) is 0 Å². The van der Waals surface area contributed by atoms with E-state index in [0.29, 0.717) is 5.78 Å². The Hall–Kier alpha value is -2.36. The maximum Gasteiger partial charge on any atom is 0.234 e. The standard InChI is InChI=1S/C15H16N4/c1-3-11-4-6-12(7-5-11)14-10-19-9-13(16-2)8-17-15(19)18-14/h4-10,16H,3H2,1-2H3. The number of nitrogens with zero attached hydrogens (tertiary/aromatic N) is 3. The number of nitrogens with one attached hydrogen (secondary N) is 1. The van der Waals surface area contributed by atoms with Crippen molar-refractivity contribution in [3.63, 3.8) is 0 Å². The average molecular weight is 252 g/mol. The quantitative estimate of drug-likeness (QED) is 0.779. The topological polar surface area (TPSA) is 42.2 Å². The number of aromatic nitrogens is 3. The van der Waals surface area contributed by atoms with Crippen molar-refractivity contribution in [1.29, 1.82) is 0 Å². The van der Waals surface area contributed by atoms with Gasteiger partial charge in [-0.1, -0.05) is 31.2 Å². The van der Waals surface area contributed by atoms with E-state index in [2.05, 4.69) is 46.5 Å². The van der Waals surface area contributed by atoms with Gasteiger partial charge in [0.15, 0.2) is 0 Å². The van der Waals surface area contributed by atoms with Gasteiger partial charge in [0.25, 0.3) is 0 Å². The first kappa shape index (κ1) is 11.7. The van der Waals surface area contributed by atoms with Crippen LogP contribution in [0, 0.1) is 0 Å². The fraction of sp³-hybridized carbons (Fsp3) is 0.200. The summed E-state index contributed by atoms with van der Waals surface area (Å²) in [7, 11) is 1.88. The predicted octanol–water partition coefficient (Wildman–Crippen LogP) is 3.00. The minimum Gasteiger partial charge on any atom is -0.386 e. The summed E-state index contributed by atoms with van der Waals surface area (Å²) in [4.78, 5) is 8.86. The van der Waals surface area contributed by atoms with Gasteiger partial charge in [-0.3, -0.25) is 4.40 Å². The van der Waals surface area contributed by atoms with Crippen LogP contribution in [0.4, 0.5) is 5.69 Å². The molecule has 1 aromatic carbocycles. The molecule has 0 unspecified atom stereocenters. The number of benzene rings is 1. The fourth-order valence-corrected chi connectivity index (χ4v) is 2.06. The van der Waals surface area contributed by atoms with Crippen LogP contribution in [0.5, 0.6) is 0 Å². The van der Waals surface area contributed by atoms with E-state index in [9.17, 15) is 0 Å². The molecule has 4 nitrogen and oxygen atoms in total. The number of anilines is 1. The second-order valence-corrected chi connectivity index (χ2v) is 4.48. The maximum atomic E-state index is 4.54. The molecule has 1 N–H and O–H groups in total. The van der Waals surface area contributed by atoms with Crippen LogP contribution >= 0.6 is 0 Å². The molecule has 0 fully saturated rings. The zero-order chi connectivity index (χ0) is 13.2. The molecule has 0 saturated carbocycles. The zero-order valence-corrected chi connectivity index (χ0v) is 11.1. The van der Waals surface area contributed by atoms with Crippen molar-refractivity contribution in [3.05, 3.63) is 48.4 Å². The van der Waals surface area contributed by atoms with Crippen molar-refractivity contribution in [2.24, 2.45) is 0 Å². The summed E-state index contributed by atoms with van der Waals surface area (Å²) in [6.45, 7) is 2.16. The number of hydrogen-bond acceptors (Lipinski definition) is 3. The third-order valence-corrected chi connectivity index (χ3v) is 3.26. The normalized spacial score (nSPS) is 10.8. The van der Waals surface area contributed by atoms with Crippen LogP contribution in [0.1, 0.15) is 12.5 Å². The highest BCUT2D eigenvalue weighted by atomic mass is 15.1. The molecular formula is C15H16N4. The first-order valence-electron chi connectivity index (χ1n) is 6.42. The second kappa shape index (κ2) is 4.72. The lowest BCUT2D eigenvalue weighted by atomic mass is 10.1. The number of fused-ring (bicyclic) bond motifs is 1. The van der Waals surface area contributed by atoms with E-state index in [4.69, 9.17) is 0 Å². The van der Waals surface area contributed by atoms with Gasteiger partial charge in [-0.2, -0.15) is 0 Å². The molecule has 96 valence electrons. The Morgan fingerprint density at radius 2 is 1.95 bits per heavy atom. The van der Waals surface area contributed by atoms with Crippen LogP contribution in [0.15, 0.2) is 42.9 Å². The summed E-state index contributed by atoms with van der Waals surface area (Å²) in [5, 5.41) is 3.07. The highest BCUT2D eigenvalue weighted by molar-refractivity contribution is 5.62. The molecule has 0 bridgehead atoms. The summed E-state index contributed by atoms with van der Waals surface area (Å²) in [6.07, 6.45) is 6.83. The third-order valence-electron chi connectivity index (χ3n) is 3.26. The fourth-order valence-electron chi connectivity index (χ4n) is 2.06. The third kappa shape index (κ3) is 2.17. The Morgan fingerprint density at radius 3 is 2.63 bits per heavy atom. The van der Waals surface area contributed by atoms with Crippen LogP contribution in [0.3, 0.4) is 0 Å². The van der Waals surface area contributed by atoms with Gasteiger partial charge in [-0.25, -0.2) is 9.97 Å². The molecule has 0 amide bonds. The Kier molecular flexibility index (Phi) is 2.91. The summed E-state index contributed by atoms with van der Waals surface area (Å²) < 4.78 is 1.94. The summed E-state index contributed by atoms with van der Waals surface area (Å²) >= 11 is 0. The van der Waals surface area contributed by atoms with Crippen LogP contribution in [-0.4, -0.2) is 21.4 Å². The van der Waals surface area contributed by atoms with E-state index in [1.54, 1.807) is 6.20 Å². The van der Waals surface area contributed by atoms with Gasteiger partial charge in [-0.15, -0.1) is 0 Å². The zero-order valence-electron chi connectivity index (χ0n) is 11.1. The SMILES string of the molecule is CCc1ccc(-c2cn3cc(NC)cnc3n2)cc1. The van der Waals surface area contributed by atoms with Crippen molar-refractivity contribution in [3.8, 4) is 11.3 Å². The lowest BCUT2D eigenvalue weighted by Gasteiger charge is -1.98. The molecule has 4 heteroatoms. The molecule has 0 radical (unpaired) electrons. The minimum absolute atomic E-state index is 0.716. The number of aryl methyl sites for hydroxylation is 1. The lowest BCUT2D eigenvalue weighted by Crippen LogP contribution is -1.93. The minimum atomic E-state index is 0.716. The molecule has 0 aliphatic rings. The molecular weight excluding hydrogens is 236 g/mol. The van der Waals surface area contributed by atoms with Crippen LogP contribution in [0.2, 0.25) is 0 Å². The summed E-state index contributed by atoms with van der Waals surface area (Å²) in [5.74, 6) is 0.716. The van der Waals surface area contributed by atoms with Crippen molar-refractivity contribution in [1.82, 2.24) is 14.4 Å².